The van der Waals surface area contributed by atoms with E-state index in [4.69, 9.17) is 17.0 Å². The van der Waals surface area contributed by atoms with Gasteiger partial charge in [0, 0.05) is 11.3 Å². The molecule has 1 aliphatic heterocycles. The van der Waals surface area contributed by atoms with Gasteiger partial charge in [-0.05, 0) is 32.1 Å². The Balaban J connectivity index is 2.48. The average Bonchev–Trinajstić information content (AvgIpc) is 2.38. The number of carbonyl (C=O) groups excluding carboxylic acids is 1. The topological polar surface area (TPSA) is 50.4 Å². The molecule has 1 atom stereocenters. The molecule has 106 valence electrons. The standard InChI is InChI=1S/C14H15FN2O2S/c1-3-19-13(18)11-8(2)16-14(20)17-12(11)9-6-4-5-7-10(9)15/h4-7,12H,3H2,1-2H3,(H2,16,17,20). The van der Waals surface area contributed by atoms with Crippen molar-refractivity contribution >= 4 is 23.3 Å². The molecule has 20 heavy (non-hydrogen) atoms. The molecular weight excluding hydrogens is 279 g/mol. The molecule has 1 unspecified atom stereocenters. The van der Waals surface area contributed by atoms with E-state index in [9.17, 15) is 9.18 Å². The Kier molecular flexibility index (Phi) is 4.34. The third kappa shape index (κ3) is 2.80. The first kappa shape index (κ1) is 14.5. The van der Waals surface area contributed by atoms with Crippen LogP contribution in [0.15, 0.2) is 35.5 Å². The van der Waals surface area contributed by atoms with E-state index in [1.807, 2.05) is 0 Å². The van der Waals surface area contributed by atoms with E-state index in [-0.39, 0.29) is 6.61 Å². The van der Waals surface area contributed by atoms with E-state index in [1.54, 1.807) is 32.0 Å². The number of halogens is 1. The number of hydrogen-bond donors (Lipinski definition) is 2. The van der Waals surface area contributed by atoms with Gasteiger partial charge in [-0.3, -0.25) is 0 Å². The first-order valence-electron chi connectivity index (χ1n) is 6.24. The van der Waals surface area contributed by atoms with Crippen LogP contribution >= 0.6 is 12.2 Å². The monoisotopic (exact) mass is 294 g/mol. The second-order valence-corrected chi connectivity index (χ2v) is 4.72. The second-order valence-electron chi connectivity index (χ2n) is 4.31. The number of allylic oxidation sites excluding steroid dienone is 1. The van der Waals surface area contributed by atoms with Gasteiger partial charge >= 0.3 is 5.97 Å². The summed E-state index contributed by atoms with van der Waals surface area (Å²) in [5.74, 6) is -0.884. The molecular formula is C14H15FN2O2S. The normalized spacial score (nSPS) is 18.4. The summed E-state index contributed by atoms with van der Waals surface area (Å²) in [7, 11) is 0. The van der Waals surface area contributed by atoms with Crippen LogP contribution < -0.4 is 10.6 Å². The molecule has 2 rings (SSSR count). The second kappa shape index (κ2) is 6.00. The summed E-state index contributed by atoms with van der Waals surface area (Å²) in [6, 6.07) is 5.62. The van der Waals surface area contributed by atoms with Crippen molar-refractivity contribution < 1.29 is 13.9 Å². The Morgan fingerprint density at radius 1 is 1.45 bits per heavy atom. The largest absolute Gasteiger partial charge is 0.463 e. The molecule has 1 aromatic carbocycles. The van der Waals surface area contributed by atoms with Gasteiger partial charge in [-0.15, -0.1) is 0 Å². The number of nitrogens with one attached hydrogen (secondary N) is 2. The summed E-state index contributed by atoms with van der Waals surface area (Å²) >= 11 is 5.08. The first-order chi connectivity index (χ1) is 9.54. The minimum absolute atomic E-state index is 0.254. The first-order valence-corrected chi connectivity index (χ1v) is 6.65. The van der Waals surface area contributed by atoms with Gasteiger partial charge in [0.25, 0.3) is 0 Å². The van der Waals surface area contributed by atoms with E-state index < -0.39 is 17.8 Å². The molecule has 0 aromatic heterocycles. The molecule has 0 radical (unpaired) electrons. The molecule has 0 saturated carbocycles. The van der Waals surface area contributed by atoms with Crippen molar-refractivity contribution in [1.82, 2.24) is 10.6 Å². The van der Waals surface area contributed by atoms with Gasteiger partial charge in [0.15, 0.2) is 5.11 Å². The van der Waals surface area contributed by atoms with E-state index in [2.05, 4.69) is 10.6 Å². The van der Waals surface area contributed by atoms with E-state index in [0.717, 1.165) is 0 Å². The van der Waals surface area contributed by atoms with E-state index >= 15 is 0 Å². The molecule has 1 aromatic rings. The fourth-order valence-electron chi connectivity index (χ4n) is 2.12. The third-order valence-electron chi connectivity index (χ3n) is 2.98. The molecule has 0 fully saturated rings. The lowest BCUT2D eigenvalue weighted by molar-refractivity contribution is -0.139. The van der Waals surface area contributed by atoms with Crippen molar-refractivity contribution in [3.8, 4) is 0 Å². The molecule has 0 saturated heterocycles. The molecule has 2 N–H and O–H groups in total. The molecule has 6 heteroatoms. The highest BCUT2D eigenvalue weighted by Crippen LogP contribution is 2.29. The van der Waals surface area contributed by atoms with E-state index in [1.165, 1.54) is 6.07 Å². The van der Waals surface area contributed by atoms with Gasteiger partial charge in [0.05, 0.1) is 18.2 Å². The van der Waals surface area contributed by atoms with Crippen LogP contribution in [0.3, 0.4) is 0 Å². The van der Waals surface area contributed by atoms with Crippen LogP contribution in [0.2, 0.25) is 0 Å². The van der Waals surface area contributed by atoms with Gasteiger partial charge in [-0.2, -0.15) is 0 Å². The van der Waals surface area contributed by atoms with Crippen LogP contribution in [0.1, 0.15) is 25.5 Å². The van der Waals surface area contributed by atoms with Crippen LogP contribution in [0.5, 0.6) is 0 Å². The minimum Gasteiger partial charge on any atom is -0.463 e. The Labute approximate surface area is 122 Å². The van der Waals surface area contributed by atoms with Crippen molar-refractivity contribution in [2.75, 3.05) is 6.61 Å². The van der Waals surface area contributed by atoms with Crippen molar-refractivity contribution in [2.24, 2.45) is 0 Å². The fraction of sp³-hybridized carbons (Fsp3) is 0.286. The molecule has 1 aliphatic rings. The van der Waals surface area contributed by atoms with Gasteiger partial charge < -0.3 is 15.4 Å². The quantitative estimate of drug-likeness (QED) is 0.661. The molecule has 0 spiro atoms. The summed E-state index contributed by atoms with van der Waals surface area (Å²) in [5.41, 5.74) is 1.27. The highest BCUT2D eigenvalue weighted by Gasteiger charge is 2.32. The van der Waals surface area contributed by atoms with Crippen molar-refractivity contribution in [1.29, 1.82) is 0 Å². The summed E-state index contributed by atoms with van der Waals surface area (Å²) in [6.45, 7) is 3.69. The zero-order chi connectivity index (χ0) is 14.7. The minimum atomic E-state index is -0.649. The van der Waals surface area contributed by atoms with Crippen LogP contribution in [-0.2, 0) is 9.53 Å². The lowest BCUT2D eigenvalue weighted by Crippen LogP contribution is -2.45. The number of hydrogen-bond acceptors (Lipinski definition) is 3. The van der Waals surface area contributed by atoms with Crippen LogP contribution in [0.4, 0.5) is 4.39 Å². The van der Waals surface area contributed by atoms with Gasteiger partial charge in [-0.25, -0.2) is 9.18 Å². The maximum atomic E-state index is 14.0. The molecule has 0 bridgehead atoms. The van der Waals surface area contributed by atoms with E-state index in [0.29, 0.717) is 21.9 Å². The number of carbonyl (C=O) groups is 1. The van der Waals surface area contributed by atoms with Crippen molar-refractivity contribution in [3.05, 3.63) is 46.9 Å². The Morgan fingerprint density at radius 2 is 2.15 bits per heavy atom. The maximum Gasteiger partial charge on any atom is 0.338 e. The highest BCUT2D eigenvalue weighted by atomic mass is 32.1. The maximum absolute atomic E-state index is 14.0. The van der Waals surface area contributed by atoms with Crippen LogP contribution in [-0.4, -0.2) is 17.7 Å². The predicted octanol–water partition coefficient (Wildman–Crippen LogP) is 2.18. The summed E-state index contributed by atoms with van der Waals surface area (Å²) < 4.78 is 19.0. The molecule has 4 nitrogen and oxygen atoms in total. The van der Waals surface area contributed by atoms with Gasteiger partial charge in [-0.1, -0.05) is 18.2 Å². The van der Waals surface area contributed by atoms with Gasteiger partial charge in [0.2, 0.25) is 0 Å². The number of esters is 1. The number of benzene rings is 1. The van der Waals surface area contributed by atoms with Crippen LogP contribution in [0, 0.1) is 5.82 Å². The summed E-state index contributed by atoms with van der Waals surface area (Å²) in [6.07, 6.45) is 0. The highest BCUT2D eigenvalue weighted by molar-refractivity contribution is 7.80. The van der Waals surface area contributed by atoms with Crippen LogP contribution in [0.25, 0.3) is 0 Å². The number of ether oxygens (including phenoxy) is 1. The molecule has 0 aliphatic carbocycles. The number of thiocarbonyl (C=S) groups is 1. The van der Waals surface area contributed by atoms with Crippen molar-refractivity contribution in [3.63, 3.8) is 0 Å². The Hall–Kier alpha value is -1.95. The average molecular weight is 294 g/mol. The van der Waals surface area contributed by atoms with Crippen molar-refractivity contribution in [2.45, 2.75) is 19.9 Å². The summed E-state index contributed by atoms with van der Waals surface area (Å²) in [5, 5.41) is 6.13. The lowest BCUT2D eigenvalue weighted by Gasteiger charge is -2.29. The molecule has 0 amide bonds. The SMILES string of the molecule is CCOC(=O)C1=C(C)NC(=S)NC1c1ccccc1F. The Morgan fingerprint density at radius 3 is 2.80 bits per heavy atom. The molecule has 1 heterocycles. The lowest BCUT2D eigenvalue weighted by atomic mass is 9.95. The number of rotatable bonds is 3. The zero-order valence-corrected chi connectivity index (χ0v) is 12.0. The zero-order valence-electron chi connectivity index (χ0n) is 11.2. The summed E-state index contributed by atoms with van der Waals surface area (Å²) in [4.78, 5) is 12.1. The predicted molar refractivity (Wildman–Crippen MR) is 77.3 cm³/mol. The smallest absolute Gasteiger partial charge is 0.338 e. The fourth-order valence-corrected chi connectivity index (χ4v) is 2.39. The van der Waals surface area contributed by atoms with Gasteiger partial charge in [0.1, 0.15) is 5.82 Å². The Bertz CT molecular complexity index is 586. The third-order valence-corrected chi connectivity index (χ3v) is 3.20.